The van der Waals surface area contributed by atoms with E-state index in [9.17, 15) is 24.3 Å². The van der Waals surface area contributed by atoms with Crippen molar-refractivity contribution < 1.29 is 24.2 Å². The molecule has 2 saturated heterocycles. The smallest absolute Gasteiger partial charge is 0.341 e. The number of ether oxygens (including phenoxy) is 1. The summed E-state index contributed by atoms with van der Waals surface area (Å²) in [7, 11) is 1.55. The van der Waals surface area contributed by atoms with Crippen LogP contribution < -0.4 is 15.1 Å². The van der Waals surface area contributed by atoms with Gasteiger partial charge in [-0.25, -0.2) is 9.59 Å². The Morgan fingerprint density at radius 3 is 2.10 bits per heavy atom. The highest BCUT2D eigenvalue weighted by Gasteiger charge is 2.31. The molecule has 0 bridgehead atoms. The van der Waals surface area contributed by atoms with E-state index in [-0.39, 0.29) is 23.5 Å². The lowest BCUT2D eigenvalue weighted by molar-refractivity contribution is 0.0633. The Morgan fingerprint density at radius 1 is 0.829 bits per heavy atom. The van der Waals surface area contributed by atoms with Gasteiger partial charge in [0.1, 0.15) is 11.3 Å². The quantitative estimate of drug-likeness (QED) is 0.511. The number of benzene rings is 2. The van der Waals surface area contributed by atoms with Crippen LogP contribution in [0.15, 0.2) is 53.5 Å². The number of hydrogen-bond acceptors (Lipinski definition) is 6. The molecule has 0 atom stereocenters. The van der Waals surface area contributed by atoms with E-state index in [0.29, 0.717) is 69.1 Å². The lowest BCUT2D eigenvalue weighted by Crippen LogP contribution is -2.57. The summed E-state index contributed by atoms with van der Waals surface area (Å²) < 4.78 is 7.27. The first-order valence-electron chi connectivity index (χ1n) is 14.0. The van der Waals surface area contributed by atoms with Gasteiger partial charge in [0.05, 0.1) is 18.2 Å². The Kier molecular flexibility index (Phi) is 7.02. The lowest BCUT2D eigenvalue weighted by Gasteiger charge is -2.41. The van der Waals surface area contributed by atoms with Crippen molar-refractivity contribution in [3.8, 4) is 5.75 Å². The monoisotopic (exact) mass is 559 g/mol. The topological polar surface area (TPSA) is 116 Å². The maximum Gasteiger partial charge on any atom is 0.341 e. The molecule has 11 nitrogen and oxygen atoms in total. The third-order valence-corrected chi connectivity index (χ3v) is 8.28. The summed E-state index contributed by atoms with van der Waals surface area (Å²) in [6.07, 6.45) is 3.41. The van der Waals surface area contributed by atoms with Crippen LogP contribution in [-0.4, -0.2) is 102 Å². The number of hydrogen-bond donors (Lipinski definition) is 1. The van der Waals surface area contributed by atoms with Gasteiger partial charge in [0.2, 0.25) is 5.43 Å². The number of urea groups is 1. The Morgan fingerprint density at radius 2 is 1.46 bits per heavy atom. The molecule has 1 aliphatic carbocycles. The molecule has 1 N–H and O–H groups in total. The number of methoxy groups -OCH3 is 1. The van der Waals surface area contributed by atoms with E-state index in [4.69, 9.17) is 4.74 Å². The summed E-state index contributed by atoms with van der Waals surface area (Å²) in [4.78, 5) is 58.4. The average molecular weight is 560 g/mol. The zero-order valence-electron chi connectivity index (χ0n) is 23.0. The van der Waals surface area contributed by atoms with E-state index in [1.807, 2.05) is 38.6 Å². The third kappa shape index (κ3) is 5.07. The predicted molar refractivity (Wildman–Crippen MR) is 153 cm³/mol. The van der Waals surface area contributed by atoms with Crippen molar-refractivity contribution in [2.75, 3.05) is 64.4 Å². The molecule has 2 aliphatic heterocycles. The van der Waals surface area contributed by atoms with E-state index in [1.165, 1.54) is 6.20 Å². The van der Waals surface area contributed by atoms with E-state index in [2.05, 4.69) is 4.90 Å². The summed E-state index contributed by atoms with van der Waals surface area (Å²) in [5, 5.41) is 9.91. The van der Waals surface area contributed by atoms with Crippen LogP contribution in [-0.2, 0) is 0 Å². The van der Waals surface area contributed by atoms with Crippen LogP contribution in [0.3, 0.4) is 0 Å². The van der Waals surface area contributed by atoms with Gasteiger partial charge < -0.3 is 34.0 Å². The predicted octanol–water partition coefficient (Wildman–Crippen LogP) is 2.74. The number of carboxylic acids is 1. The molecule has 0 unspecified atom stereocenters. The fraction of sp³-hybridized carbons (Fsp3) is 0.400. The van der Waals surface area contributed by atoms with Gasteiger partial charge in [-0.15, -0.1) is 0 Å². The van der Waals surface area contributed by atoms with Crippen LogP contribution in [0.25, 0.3) is 10.9 Å². The summed E-state index contributed by atoms with van der Waals surface area (Å²) in [5.74, 6) is -0.758. The van der Waals surface area contributed by atoms with E-state index in [0.717, 1.165) is 24.0 Å². The molecule has 1 aromatic heterocycles. The van der Waals surface area contributed by atoms with Crippen LogP contribution in [0.5, 0.6) is 5.75 Å². The molecular weight excluding hydrogens is 526 g/mol. The van der Waals surface area contributed by atoms with Crippen molar-refractivity contribution in [3.63, 3.8) is 0 Å². The lowest BCUT2D eigenvalue weighted by atomic mass is 10.1. The first kappa shape index (κ1) is 26.7. The SMILES string of the molecule is COc1ccccc1C(=O)N1CCN(C(=O)N2CCN(c3ccc4c(=O)c(C(=O)O)cn(C5CC5)c4c3)CC2)CC1. The van der Waals surface area contributed by atoms with Crippen LogP contribution in [0.4, 0.5) is 10.5 Å². The van der Waals surface area contributed by atoms with E-state index in [1.54, 1.807) is 30.2 Å². The molecule has 214 valence electrons. The highest BCUT2D eigenvalue weighted by atomic mass is 16.5. The number of para-hydroxylation sites is 1. The van der Waals surface area contributed by atoms with Crippen molar-refractivity contribution >= 4 is 34.5 Å². The summed E-state index contributed by atoms with van der Waals surface area (Å²) >= 11 is 0. The standard InChI is InChI=1S/C30H33N5O6/c1-41-26-5-3-2-4-23(26)28(37)32-12-16-34(17-13-32)30(40)33-14-10-31(11-15-33)21-8-9-22-25(18-21)35(20-6-7-20)19-24(27(22)36)29(38)39/h2-5,8-9,18-20H,6-7,10-17H2,1H3,(H,38,39). The zero-order valence-corrected chi connectivity index (χ0v) is 23.0. The minimum Gasteiger partial charge on any atom is -0.496 e. The molecule has 3 amide bonds. The molecule has 0 radical (unpaired) electrons. The molecule has 41 heavy (non-hydrogen) atoms. The summed E-state index contributed by atoms with van der Waals surface area (Å²) in [6, 6.07) is 12.9. The number of aromatic nitrogens is 1. The Labute approximate surface area is 237 Å². The second kappa shape index (κ2) is 10.8. The van der Waals surface area contributed by atoms with Crippen molar-refractivity contribution in [2.45, 2.75) is 18.9 Å². The normalized spacial score (nSPS) is 17.6. The maximum absolute atomic E-state index is 13.3. The Balaban J connectivity index is 1.08. The molecule has 3 fully saturated rings. The molecular formula is C30H33N5O6. The van der Waals surface area contributed by atoms with Crippen molar-refractivity contribution in [2.24, 2.45) is 0 Å². The van der Waals surface area contributed by atoms with Gasteiger partial charge in [0.25, 0.3) is 5.91 Å². The van der Waals surface area contributed by atoms with Gasteiger partial charge in [-0.2, -0.15) is 0 Å². The van der Waals surface area contributed by atoms with Gasteiger partial charge in [-0.3, -0.25) is 9.59 Å². The average Bonchev–Trinajstić information content (AvgIpc) is 3.86. The highest BCUT2D eigenvalue weighted by Crippen LogP contribution is 2.37. The van der Waals surface area contributed by atoms with Gasteiger partial charge in [0.15, 0.2) is 0 Å². The molecule has 11 heteroatoms. The largest absolute Gasteiger partial charge is 0.496 e. The number of aromatic carboxylic acids is 1. The van der Waals surface area contributed by atoms with Crippen LogP contribution in [0.2, 0.25) is 0 Å². The fourth-order valence-corrected chi connectivity index (χ4v) is 5.79. The second-order valence-electron chi connectivity index (χ2n) is 10.8. The van der Waals surface area contributed by atoms with Gasteiger partial charge in [-0.1, -0.05) is 12.1 Å². The molecule has 3 heterocycles. The molecule has 0 spiro atoms. The maximum atomic E-state index is 13.3. The van der Waals surface area contributed by atoms with Crippen molar-refractivity contribution in [3.05, 3.63) is 70.0 Å². The number of anilines is 1. The number of fused-ring (bicyclic) bond motifs is 1. The molecule has 1 saturated carbocycles. The summed E-state index contributed by atoms with van der Waals surface area (Å²) in [5.41, 5.74) is 1.56. The first-order valence-corrected chi connectivity index (χ1v) is 14.0. The third-order valence-electron chi connectivity index (χ3n) is 8.28. The molecule has 3 aliphatic rings. The van der Waals surface area contributed by atoms with Crippen molar-refractivity contribution in [1.29, 1.82) is 0 Å². The number of piperazine rings is 2. The number of carbonyl (C=O) groups is 3. The Bertz CT molecular complexity index is 1570. The minimum absolute atomic E-state index is 0.0173. The summed E-state index contributed by atoms with van der Waals surface area (Å²) in [6.45, 7) is 4.28. The zero-order chi connectivity index (χ0) is 28.7. The number of pyridine rings is 1. The van der Waals surface area contributed by atoms with Gasteiger partial charge in [0, 0.05) is 75.7 Å². The molecule has 6 rings (SSSR count). The highest BCUT2D eigenvalue weighted by molar-refractivity contribution is 5.97. The van der Waals surface area contributed by atoms with Crippen LogP contribution in [0.1, 0.15) is 39.6 Å². The first-order chi connectivity index (χ1) is 19.9. The van der Waals surface area contributed by atoms with Gasteiger partial charge in [-0.05, 0) is 43.2 Å². The minimum atomic E-state index is -1.21. The number of amides is 3. The molecule has 3 aromatic rings. The number of carbonyl (C=O) groups excluding carboxylic acids is 2. The molecule has 2 aromatic carbocycles. The van der Waals surface area contributed by atoms with Crippen LogP contribution in [0, 0.1) is 0 Å². The number of nitrogens with zero attached hydrogens (tertiary/aromatic N) is 5. The second-order valence-corrected chi connectivity index (χ2v) is 10.8. The van der Waals surface area contributed by atoms with Crippen molar-refractivity contribution in [1.82, 2.24) is 19.3 Å². The van der Waals surface area contributed by atoms with E-state index < -0.39 is 11.4 Å². The van der Waals surface area contributed by atoms with E-state index >= 15 is 0 Å². The Hall–Kier alpha value is -4.54. The number of carboxylic acid groups (broad SMARTS) is 1. The fourth-order valence-electron chi connectivity index (χ4n) is 5.79. The van der Waals surface area contributed by atoms with Gasteiger partial charge >= 0.3 is 12.0 Å². The number of rotatable bonds is 5. The van der Waals surface area contributed by atoms with Crippen LogP contribution >= 0.6 is 0 Å².